The van der Waals surface area contributed by atoms with Crippen LogP contribution in [-0.4, -0.2) is 65.5 Å². The highest BCUT2D eigenvalue weighted by Crippen LogP contribution is 2.13. The monoisotopic (exact) mass is 367 g/mol. The van der Waals surface area contributed by atoms with Crippen LogP contribution in [0.15, 0.2) is 17.5 Å². The van der Waals surface area contributed by atoms with Gasteiger partial charge in [-0.15, -0.1) is 11.3 Å². The van der Waals surface area contributed by atoms with Crippen molar-refractivity contribution in [2.24, 2.45) is 0 Å². The van der Waals surface area contributed by atoms with Crippen LogP contribution in [0.25, 0.3) is 0 Å². The minimum absolute atomic E-state index is 0.145. The normalized spacial score (nSPS) is 16.3. The number of carbonyl (C=O) groups excluding carboxylic acids is 3. The number of nitrogens with zero attached hydrogens (tertiary/aromatic N) is 2. The third-order valence-electron chi connectivity index (χ3n) is 3.71. The molecule has 1 aromatic rings. The Bertz CT molecular complexity index is 616. The van der Waals surface area contributed by atoms with E-state index in [9.17, 15) is 14.4 Å². The van der Waals surface area contributed by atoms with Gasteiger partial charge in [-0.1, -0.05) is 6.07 Å². The minimum Gasteiger partial charge on any atom is -0.444 e. The van der Waals surface area contributed by atoms with Crippen LogP contribution in [0.5, 0.6) is 0 Å². The van der Waals surface area contributed by atoms with E-state index in [0.29, 0.717) is 31.1 Å². The number of rotatable bonds is 3. The fraction of sp³-hybridized carbons (Fsp3) is 0.588. The molecule has 1 N–H and O–H groups in total. The summed E-state index contributed by atoms with van der Waals surface area (Å²) in [5.74, 6) is -0.392. The van der Waals surface area contributed by atoms with E-state index in [1.807, 2.05) is 26.2 Å². The molecule has 1 aromatic heterocycles. The van der Waals surface area contributed by atoms with Crippen molar-refractivity contribution in [3.63, 3.8) is 0 Å². The van der Waals surface area contributed by atoms with Gasteiger partial charge in [0.2, 0.25) is 5.91 Å². The molecule has 0 radical (unpaired) electrons. The third-order valence-corrected chi connectivity index (χ3v) is 4.57. The molecule has 1 aliphatic rings. The number of piperazine rings is 1. The highest BCUT2D eigenvalue weighted by molar-refractivity contribution is 7.12. The molecule has 7 nitrogen and oxygen atoms in total. The van der Waals surface area contributed by atoms with Crippen molar-refractivity contribution in [2.75, 3.05) is 26.2 Å². The van der Waals surface area contributed by atoms with Crippen molar-refractivity contribution in [1.29, 1.82) is 0 Å². The van der Waals surface area contributed by atoms with Gasteiger partial charge in [0.1, 0.15) is 11.6 Å². The number of hydrogen-bond acceptors (Lipinski definition) is 5. The number of nitrogens with one attached hydrogen (secondary N) is 1. The maximum Gasteiger partial charge on any atom is 0.410 e. The van der Waals surface area contributed by atoms with E-state index in [1.165, 1.54) is 11.3 Å². The van der Waals surface area contributed by atoms with Crippen molar-refractivity contribution >= 4 is 29.2 Å². The molecule has 0 bridgehead atoms. The zero-order valence-electron chi connectivity index (χ0n) is 15.1. The molecule has 1 aliphatic heterocycles. The van der Waals surface area contributed by atoms with Crippen molar-refractivity contribution in [1.82, 2.24) is 15.1 Å². The summed E-state index contributed by atoms with van der Waals surface area (Å²) in [5, 5.41) is 4.54. The molecule has 0 aromatic carbocycles. The predicted octanol–water partition coefficient (Wildman–Crippen LogP) is 1.95. The molecule has 0 saturated carbocycles. The van der Waals surface area contributed by atoms with Crippen LogP contribution in [0.2, 0.25) is 0 Å². The minimum atomic E-state index is -0.609. The first-order valence-corrected chi connectivity index (χ1v) is 9.16. The van der Waals surface area contributed by atoms with Crippen LogP contribution in [0.4, 0.5) is 4.79 Å². The Hall–Kier alpha value is -2.09. The van der Waals surface area contributed by atoms with Gasteiger partial charge in [-0.25, -0.2) is 4.79 Å². The second-order valence-electron chi connectivity index (χ2n) is 6.97. The average molecular weight is 367 g/mol. The molecule has 1 fully saturated rings. The average Bonchev–Trinajstić information content (AvgIpc) is 3.07. The molecule has 1 unspecified atom stereocenters. The van der Waals surface area contributed by atoms with Gasteiger partial charge in [-0.05, 0) is 39.1 Å². The zero-order valence-corrected chi connectivity index (χ0v) is 15.9. The van der Waals surface area contributed by atoms with Crippen molar-refractivity contribution in [2.45, 2.75) is 39.3 Å². The van der Waals surface area contributed by atoms with Crippen LogP contribution < -0.4 is 5.32 Å². The lowest BCUT2D eigenvalue weighted by molar-refractivity contribution is -0.134. The number of ether oxygens (including phenoxy) is 1. The molecule has 1 saturated heterocycles. The second kappa shape index (κ2) is 7.86. The summed E-state index contributed by atoms with van der Waals surface area (Å²) in [6, 6.07) is 2.90. The smallest absolute Gasteiger partial charge is 0.410 e. The molecule has 8 heteroatoms. The van der Waals surface area contributed by atoms with Gasteiger partial charge in [0, 0.05) is 26.2 Å². The Morgan fingerprint density at radius 2 is 1.76 bits per heavy atom. The van der Waals surface area contributed by atoms with E-state index in [1.54, 1.807) is 28.9 Å². The first kappa shape index (κ1) is 19.2. The first-order chi connectivity index (χ1) is 11.7. The first-order valence-electron chi connectivity index (χ1n) is 8.28. The fourth-order valence-electron chi connectivity index (χ4n) is 2.45. The summed E-state index contributed by atoms with van der Waals surface area (Å²) >= 11 is 1.33. The lowest BCUT2D eigenvalue weighted by Crippen LogP contribution is -2.55. The Morgan fingerprint density at radius 3 is 2.28 bits per heavy atom. The van der Waals surface area contributed by atoms with E-state index in [4.69, 9.17) is 4.74 Å². The van der Waals surface area contributed by atoms with E-state index < -0.39 is 11.6 Å². The van der Waals surface area contributed by atoms with Crippen molar-refractivity contribution in [3.8, 4) is 0 Å². The second-order valence-corrected chi connectivity index (χ2v) is 7.91. The molecular weight excluding hydrogens is 342 g/mol. The number of amides is 3. The van der Waals surface area contributed by atoms with E-state index in [2.05, 4.69) is 5.32 Å². The maximum atomic E-state index is 12.5. The zero-order chi connectivity index (χ0) is 18.6. The third kappa shape index (κ3) is 5.45. The Morgan fingerprint density at radius 1 is 1.16 bits per heavy atom. The predicted molar refractivity (Wildman–Crippen MR) is 95.6 cm³/mol. The Balaban J connectivity index is 1.82. The molecule has 25 heavy (non-hydrogen) atoms. The van der Waals surface area contributed by atoms with Gasteiger partial charge >= 0.3 is 6.09 Å². The molecule has 0 spiro atoms. The molecule has 3 amide bonds. The van der Waals surface area contributed by atoms with Crippen LogP contribution in [-0.2, 0) is 9.53 Å². The van der Waals surface area contributed by atoms with Crippen molar-refractivity contribution < 1.29 is 19.1 Å². The Kier molecular flexibility index (Phi) is 6.05. The van der Waals surface area contributed by atoms with E-state index in [0.717, 1.165) is 0 Å². The van der Waals surface area contributed by atoms with Gasteiger partial charge < -0.3 is 19.9 Å². The molecular formula is C17H25N3O4S. The van der Waals surface area contributed by atoms with Crippen molar-refractivity contribution in [3.05, 3.63) is 22.4 Å². The summed E-state index contributed by atoms with van der Waals surface area (Å²) in [5.41, 5.74) is -0.537. The van der Waals surface area contributed by atoms with Gasteiger partial charge in [0.05, 0.1) is 4.88 Å². The van der Waals surface area contributed by atoms with E-state index >= 15 is 0 Å². The lowest BCUT2D eigenvalue weighted by atomic mass is 10.2. The van der Waals surface area contributed by atoms with Crippen LogP contribution in [0, 0.1) is 0 Å². The molecule has 0 aliphatic carbocycles. The summed E-state index contributed by atoms with van der Waals surface area (Å²) in [6.07, 6.45) is -0.362. The van der Waals surface area contributed by atoms with Crippen LogP contribution >= 0.6 is 11.3 Å². The molecule has 138 valence electrons. The number of hydrogen-bond donors (Lipinski definition) is 1. The topological polar surface area (TPSA) is 79.0 Å². The standard InChI is InChI=1S/C17H25N3O4S/c1-12(18-14(21)13-6-5-11-25-13)15(22)19-7-9-20(10-8-19)16(23)24-17(2,3)4/h5-6,11-12H,7-10H2,1-4H3,(H,18,21). The quantitative estimate of drug-likeness (QED) is 0.886. The molecule has 2 rings (SSSR count). The number of carbonyl (C=O) groups is 3. The molecule has 2 heterocycles. The lowest BCUT2D eigenvalue weighted by Gasteiger charge is -2.36. The summed E-state index contributed by atoms with van der Waals surface area (Å²) < 4.78 is 5.34. The largest absolute Gasteiger partial charge is 0.444 e. The SMILES string of the molecule is CC(NC(=O)c1cccs1)C(=O)N1CCN(C(=O)OC(C)(C)C)CC1. The summed E-state index contributed by atoms with van der Waals surface area (Å²) in [7, 11) is 0. The highest BCUT2D eigenvalue weighted by atomic mass is 32.1. The van der Waals surface area contributed by atoms with Gasteiger partial charge in [-0.3, -0.25) is 9.59 Å². The van der Waals surface area contributed by atoms with E-state index in [-0.39, 0.29) is 17.9 Å². The van der Waals surface area contributed by atoms with Gasteiger partial charge in [0.25, 0.3) is 5.91 Å². The molecule has 1 atom stereocenters. The fourth-order valence-corrected chi connectivity index (χ4v) is 3.07. The summed E-state index contributed by atoms with van der Waals surface area (Å²) in [4.78, 5) is 40.4. The highest BCUT2D eigenvalue weighted by Gasteiger charge is 2.30. The van der Waals surface area contributed by atoms with Crippen LogP contribution in [0.1, 0.15) is 37.4 Å². The van der Waals surface area contributed by atoms with Crippen LogP contribution in [0.3, 0.4) is 0 Å². The number of thiophene rings is 1. The van der Waals surface area contributed by atoms with Gasteiger partial charge in [0.15, 0.2) is 0 Å². The Labute approximate surface area is 151 Å². The van der Waals surface area contributed by atoms with Gasteiger partial charge in [-0.2, -0.15) is 0 Å². The summed E-state index contributed by atoms with van der Waals surface area (Å²) in [6.45, 7) is 8.84. The maximum absolute atomic E-state index is 12.5.